The lowest BCUT2D eigenvalue weighted by Gasteiger charge is -2.31. The smallest absolute Gasteiger partial charge is 0.0343 e. The molecular weight excluding hydrogens is 194 g/mol. The van der Waals surface area contributed by atoms with E-state index >= 15 is 0 Å². The molecule has 0 radical (unpaired) electrons. The molecule has 0 saturated heterocycles. The van der Waals surface area contributed by atoms with E-state index in [2.05, 4.69) is 50.5 Å². The van der Waals surface area contributed by atoms with Crippen LogP contribution in [0.3, 0.4) is 0 Å². The Hall–Kier alpha value is -0.820. The summed E-state index contributed by atoms with van der Waals surface area (Å²) in [5.41, 5.74) is 3.10. The number of nitrogens with one attached hydrogen (secondary N) is 1. The van der Waals surface area contributed by atoms with Gasteiger partial charge in [-0.1, -0.05) is 44.5 Å². The van der Waals surface area contributed by atoms with Crippen molar-refractivity contribution < 1.29 is 0 Å². The summed E-state index contributed by atoms with van der Waals surface area (Å²) in [5, 5.41) is 3.46. The Morgan fingerprint density at radius 1 is 1.19 bits per heavy atom. The minimum absolute atomic E-state index is 0.497. The van der Waals surface area contributed by atoms with Gasteiger partial charge in [0.15, 0.2) is 0 Å². The van der Waals surface area contributed by atoms with Crippen LogP contribution in [0.1, 0.15) is 56.2 Å². The first-order valence-corrected chi connectivity index (χ1v) is 6.50. The van der Waals surface area contributed by atoms with Crippen LogP contribution in [-0.2, 0) is 0 Å². The van der Waals surface area contributed by atoms with Crippen molar-refractivity contribution in [2.24, 2.45) is 5.92 Å². The van der Waals surface area contributed by atoms with E-state index in [1.807, 2.05) is 0 Å². The van der Waals surface area contributed by atoms with Crippen molar-refractivity contribution in [3.05, 3.63) is 35.4 Å². The quantitative estimate of drug-likeness (QED) is 0.807. The summed E-state index contributed by atoms with van der Waals surface area (Å²) in [6, 6.07) is 9.48. The second-order valence-electron chi connectivity index (χ2n) is 5.27. The maximum absolute atomic E-state index is 3.46. The van der Waals surface area contributed by atoms with Crippen molar-refractivity contribution in [2.75, 3.05) is 7.05 Å². The number of hydrogen-bond donors (Lipinski definition) is 1. The topological polar surface area (TPSA) is 12.0 Å². The summed E-state index contributed by atoms with van der Waals surface area (Å²) in [5.74, 6) is 1.47. The van der Waals surface area contributed by atoms with Gasteiger partial charge in [-0.15, -0.1) is 0 Å². The maximum Gasteiger partial charge on any atom is 0.0343 e. The summed E-state index contributed by atoms with van der Waals surface area (Å²) in [6.45, 7) is 4.58. The molecule has 1 aromatic rings. The van der Waals surface area contributed by atoms with Gasteiger partial charge in [0.1, 0.15) is 0 Å². The van der Waals surface area contributed by atoms with Gasteiger partial charge in [0, 0.05) is 6.04 Å². The van der Waals surface area contributed by atoms with E-state index in [-0.39, 0.29) is 0 Å². The SMILES string of the molecule is CNC(c1ccccc1C1CCC1)C(C)C. The minimum atomic E-state index is 0.497. The van der Waals surface area contributed by atoms with Crippen molar-refractivity contribution in [1.29, 1.82) is 0 Å². The van der Waals surface area contributed by atoms with Gasteiger partial charge in [-0.3, -0.25) is 0 Å². The Balaban J connectivity index is 2.30. The third-order valence-electron chi connectivity index (χ3n) is 3.85. The van der Waals surface area contributed by atoms with Crippen LogP contribution in [-0.4, -0.2) is 7.05 Å². The largest absolute Gasteiger partial charge is 0.313 e. The van der Waals surface area contributed by atoms with Gasteiger partial charge >= 0.3 is 0 Å². The molecule has 0 spiro atoms. The number of benzene rings is 1. The summed E-state index contributed by atoms with van der Waals surface area (Å²) < 4.78 is 0. The second-order valence-corrected chi connectivity index (χ2v) is 5.27. The fourth-order valence-corrected chi connectivity index (χ4v) is 2.73. The van der Waals surface area contributed by atoms with Gasteiger partial charge in [-0.05, 0) is 42.9 Å². The molecule has 1 N–H and O–H groups in total. The first kappa shape index (κ1) is 11.7. The van der Waals surface area contributed by atoms with Crippen LogP contribution in [0.15, 0.2) is 24.3 Å². The molecule has 2 rings (SSSR count). The monoisotopic (exact) mass is 217 g/mol. The maximum atomic E-state index is 3.46. The molecule has 1 aromatic carbocycles. The molecule has 1 fully saturated rings. The zero-order chi connectivity index (χ0) is 11.5. The Morgan fingerprint density at radius 3 is 2.38 bits per heavy atom. The van der Waals surface area contributed by atoms with E-state index in [1.54, 1.807) is 5.56 Å². The van der Waals surface area contributed by atoms with Crippen molar-refractivity contribution in [3.8, 4) is 0 Å². The normalized spacial score (nSPS) is 18.5. The first-order chi connectivity index (χ1) is 7.74. The van der Waals surface area contributed by atoms with Crippen LogP contribution < -0.4 is 5.32 Å². The molecular formula is C15H23N. The van der Waals surface area contributed by atoms with E-state index in [0.29, 0.717) is 12.0 Å². The Morgan fingerprint density at radius 2 is 1.88 bits per heavy atom. The molecule has 1 atom stereocenters. The molecule has 0 amide bonds. The zero-order valence-electron chi connectivity index (χ0n) is 10.7. The molecule has 0 aromatic heterocycles. The molecule has 1 nitrogen and oxygen atoms in total. The third kappa shape index (κ3) is 2.15. The fourth-order valence-electron chi connectivity index (χ4n) is 2.73. The molecule has 1 unspecified atom stereocenters. The van der Waals surface area contributed by atoms with Crippen LogP contribution in [0.4, 0.5) is 0 Å². The van der Waals surface area contributed by atoms with Crippen molar-refractivity contribution in [3.63, 3.8) is 0 Å². The second kappa shape index (κ2) is 5.01. The van der Waals surface area contributed by atoms with E-state index in [0.717, 1.165) is 5.92 Å². The molecule has 1 aliphatic carbocycles. The van der Waals surface area contributed by atoms with Crippen LogP contribution in [0, 0.1) is 5.92 Å². The van der Waals surface area contributed by atoms with Gasteiger partial charge in [-0.25, -0.2) is 0 Å². The predicted molar refractivity (Wildman–Crippen MR) is 69.7 cm³/mol. The summed E-state index contributed by atoms with van der Waals surface area (Å²) >= 11 is 0. The highest BCUT2D eigenvalue weighted by Gasteiger charge is 2.25. The highest BCUT2D eigenvalue weighted by molar-refractivity contribution is 5.34. The van der Waals surface area contributed by atoms with E-state index in [1.165, 1.54) is 24.8 Å². The molecule has 1 heteroatoms. The molecule has 16 heavy (non-hydrogen) atoms. The lowest BCUT2D eigenvalue weighted by molar-refractivity contribution is 0.397. The third-order valence-corrected chi connectivity index (χ3v) is 3.85. The molecule has 0 heterocycles. The van der Waals surface area contributed by atoms with Crippen molar-refractivity contribution in [1.82, 2.24) is 5.32 Å². The minimum Gasteiger partial charge on any atom is -0.313 e. The fraction of sp³-hybridized carbons (Fsp3) is 0.600. The Labute approximate surface area is 99.3 Å². The van der Waals surface area contributed by atoms with Gasteiger partial charge in [-0.2, -0.15) is 0 Å². The first-order valence-electron chi connectivity index (χ1n) is 6.50. The lowest BCUT2D eigenvalue weighted by Crippen LogP contribution is -2.24. The highest BCUT2D eigenvalue weighted by Crippen LogP contribution is 2.40. The van der Waals surface area contributed by atoms with Gasteiger partial charge in [0.25, 0.3) is 0 Å². The van der Waals surface area contributed by atoms with Crippen molar-refractivity contribution >= 4 is 0 Å². The Kier molecular flexibility index (Phi) is 3.65. The Bertz CT molecular complexity index is 339. The zero-order valence-corrected chi connectivity index (χ0v) is 10.7. The summed E-state index contributed by atoms with van der Waals surface area (Å²) in [7, 11) is 2.07. The highest BCUT2D eigenvalue weighted by atomic mass is 14.9. The van der Waals surface area contributed by atoms with Gasteiger partial charge in [0.2, 0.25) is 0 Å². The van der Waals surface area contributed by atoms with Crippen LogP contribution in [0.2, 0.25) is 0 Å². The average Bonchev–Trinajstić information content (AvgIpc) is 2.18. The van der Waals surface area contributed by atoms with E-state index < -0.39 is 0 Å². The summed E-state index contributed by atoms with van der Waals surface area (Å²) in [4.78, 5) is 0. The molecule has 1 saturated carbocycles. The average molecular weight is 217 g/mol. The van der Waals surface area contributed by atoms with Crippen LogP contribution >= 0.6 is 0 Å². The molecule has 88 valence electrons. The number of hydrogen-bond acceptors (Lipinski definition) is 1. The van der Waals surface area contributed by atoms with Crippen molar-refractivity contribution in [2.45, 2.75) is 45.1 Å². The van der Waals surface area contributed by atoms with Crippen LogP contribution in [0.25, 0.3) is 0 Å². The molecule has 1 aliphatic rings. The summed E-state index contributed by atoms with van der Waals surface area (Å²) in [6.07, 6.45) is 4.17. The van der Waals surface area contributed by atoms with Gasteiger partial charge in [0.05, 0.1) is 0 Å². The predicted octanol–water partition coefficient (Wildman–Crippen LogP) is 3.87. The van der Waals surface area contributed by atoms with Gasteiger partial charge < -0.3 is 5.32 Å². The molecule has 0 bridgehead atoms. The standard InChI is InChI=1S/C15H23N/c1-11(2)15(16-3)14-10-5-4-9-13(14)12-7-6-8-12/h4-5,9-12,15-16H,6-8H2,1-3H3. The molecule has 0 aliphatic heterocycles. The van der Waals surface area contributed by atoms with Crippen LogP contribution in [0.5, 0.6) is 0 Å². The van der Waals surface area contributed by atoms with E-state index in [4.69, 9.17) is 0 Å². The van der Waals surface area contributed by atoms with E-state index in [9.17, 15) is 0 Å². The lowest BCUT2D eigenvalue weighted by atomic mass is 9.76. The number of rotatable bonds is 4.